The van der Waals surface area contributed by atoms with E-state index in [0.29, 0.717) is 9.40 Å². The summed E-state index contributed by atoms with van der Waals surface area (Å²) in [6.45, 7) is 4.01. The molecule has 0 radical (unpaired) electrons. The molecule has 272 valence electrons. The van der Waals surface area contributed by atoms with Gasteiger partial charge in [0.2, 0.25) is 0 Å². The molecule has 0 saturated heterocycles. The number of ketones is 2. The molecular weight excluding hydrogens is 715 g/mol. The Hall–Kier alpha value is -5.09. The lowest BCUT2D eigenvalue weighted by Crippen LogP contribution is -2.23. The molecule has 0 atom stereocenters. The average Bonchev–Trinajstić information content (AvgIpc) is 3.69. The monoisotopic (exact) mass is 748 g/mol. The van der Waals surface area contributed by atoms with Gasteiger partial charge in [-0.1, -0.05) is 0 Å². The topological polar surface area (TPSA) is 172 Å². The molecule has 0 unspecified atom stereocenters. The zero-order valence-corrected chi connectivity index (χ0v) is 29.8. The van der Waals surface area contributed by atoms with Gasteiger partial charge in [0.1, 0.15) is 18.8 Å². The number of rotatable bonds is 17. The summed E-state index contributed by atoms with van der Waals surface area (Å²) < 4.78 is 60.1. The molecule has 2 aromatic carbocycles. The number of Topliss-reactive ketones (excluding diaryl/α,β-unsaturated/α-hetero) is 2. The van der Waals surface area contributed by atoms with Gasteiger partial charge in [-0.2, -0.15) is 0 Å². The molecule has 0 saturated carbocycles. The summed E-state index contributed by atoms with van der Waals surface area (Å²) in [7, 11) is 2.56. The fourth-order valence-corrected chi connectivity index (χ4v) is 6.79. The number of benzene rings is 2. The minimum absolute atomic E-state index is 0.0279. The highest BCUT2D eigenvalue weighted by molar-refractivity contribution is 7.21. The maximum Gasteiger partial charge on any atom is 0.331 e. The highest BCUT2D eigenvalue weighted by Crippen LogP contribution is 2.42. The van der Waals surface area contributed by atoms with E-state index in [4.69, 9.17) is 33.9 Å². The SMILES string of the molecule is COc1cc2sc(C(=O)CCC(=O)O)cc2c(F)c1OCC(=CC(=O)OC(C)(C)C)COc1c(OC)cc2sc(C(=O)CCC(=O)O)cc2c1F. The lowest BCUT2D eigenvalue weighted by atomic mass is 10.1. The van der Waals surface area contributed by atoms with Gasteiger partial charge >= 0.3 is 17.9 Å². The van der Waals surface area contributed by atoms with Crippen LogP contribution in [0.1, 0.15) is 65.8 Å². The van der Waals surface area contributed by atoms with Crippen molar-refractivity contribution in [2.75, 3.05) is 27.4 Å². The second kappa shape index (κ2) is 16.3. The van der Waals surface area contributed by atoms with Gasteiger partial charge in [0, 0.05) is 56.8 Å². The summed E-state index contributed by atoms with van der Waals surface area (Å²) >= 11 is 1.93. The molecule has 0 aliphatic heterocycles. The summed E-state index contributed by atoms with van der Waals surface area (Å²) in [5, 5.41) is 17.9. The van der Waals surface area contributed by atoms with E-state index >= 15 is 8.78 Å². The number of ether oxygens (including phenoxy) is 5. The number of aliphatic carboxylic acids is 2. The number of carboxylic acid groups (broad SMARTS) is 2. The maximum atomic E-state index is 15.9. The Morgan fingerprint density at radius 1 is 0.706 bits per heavy atom. The van der Waals surface area contributed by atoms with Crippen molar-refractivity contribution in [2.24, 2.45) is 0 Å². The molecular formula is C35H34F2O12S2. The Bertz CT molecular complexity index is 1910. The Kier molecular flexibility index (Phi) is 12.4. The molecule has 2 aromatic heterocycles. The Morgan fingerprint density at radius 2 is 1.12 bits per heavy atom. The molecule has 16 heteroatoms. The molecule has 0 bridgehead atoms. The quantitative estimate of drug-likeness (QED) is 0.0631. The van der Waals surface area contributed by atoms with Crippen molar-refractivity contribution >= 4 is 72.3 Å². The molecule has 12 nitrogen and oxygen atoms in total. The van der Waals surface area contributed by atoms with Crippen LogP contribution < -0.4 is 18.9 Å². The van der Waals surface area contributed by atoms with Crippen molar-refractivity contribution < 1.29 is 66.7 Å². The van der Waals surface area contributed by atoms with Crippen LogP contribution in [0.4, 0.5) is 8.78 Å². The number of methoxy groups -OCH3 is 2. The van der Waals surface area contributed by atoms with Crippen LogP contribution in [0.5, 0.6) is 23.0 Å². The van der Waals surface area contributed by atoms with Gasteiger partial charge in [-0.05, 0) is 32.9 Å². The normalized spacial score (nSPS) is 11.3. The van der Waals surface area contributed by atoms with E-state index in [1.54, 1.807) is 20.8 Å². The van der Waals surface area contributed by atoms with E-state index in [9.17, 15) is 24.0 Å². The fraction of sp³-hybridized carbons (Fsp3) is 0.343. The van der Waals surface area contributed by atoms with Crippen molar-refractivity contribution in [1.29, 1.82) is 0 Å². The predicted octanol–water partition coefficient (Wildman–Crippen LogP) is 7.23. The van der Waals surface area contributed by atoms with Gasteiger partial charge in [0.25, 0.3) is 0 Å². The van der Waals surface area contributed by atoms with E-state index in [0.717, 1.165) is 28.7 Å². The van der Waals surface area contributed by atoms with Crippen molar-refractivity contribution in [3.8, 4) is 23.0 Å². The van der Waals surface area contributed by atoms with Crippen LogP contribution in [0.2, 0.25) is 0 Å². The molecule has 51 heavy (non-hydrogen) atoms. The first-order chi connectivity index (χ1) is 24.0. The summed E-state index contributed by atoms with van der Waals surface area (Å²) in [4.78, 5) is 60.0. The van der Waals surface area contributed by atoms with Crippen LogP contribution in [0.3, 0.4) is 0 Å². The average molecular weight is 749 g/mol. The third-order valence-electron chi connectivity index (χ3n) is 7.02. The minimum Gasteiger partial charge on any atom is -0.493 e. The molecule has 0 aliphatic rings. The summed E-state index contributed by atoms with van der Waals surface area (Å²) in [5.74, 6) is -6.54. The number of thiophene rings is 2. The number of carbonyl (C=O) groups is 5. The maximum absolute atomic E-state index is 15.9. The van der Waals surface area contributed by atoms with Crippen LogP contribution in [-0.2, 0) is 19.1 Å². The Balaban J connectivity index is 1.64. The molecule has 0 fully saturated rings. The van der Waals surface area contributed by atoms with E-state index in [2.05, 4.69) is 0 Å². The van der Waals surface area contributed by atoms with Crippen LogP contribution in [0.15, 0.2) is 35.9 Å². The van der Waals surface area contributed by atoms with Crippen LogP contribution in [-0.4, -0.2) is 72.7 Å². The number of halogens is 2. The first-order valence-corrected chi connectivity index (χ1v) is 16.9. The highest BCUT2D eigenvalue weighted by atomic mass is 32.1. The van der Waals surface area contributed by atoms with Gasteiger partial charge in [-0.15, -0.1) is 22.7 Å². The van der Waals surface area contributed by atoms with Crippen LogP contribution in [0, 0.1) is 11.6 Å². The number of carbonyl (C=O) groups excluding carboxylic acids is 3. The van der Waals surface area contributed by atoms with Gasteiger partial charge in [0.15, 0.2) is 46.2 Å². The molecule has 0 amide bonds. The van der Waals surface area contributed by atoms with E-state index in [-0.39, 0.29) is 74.8 Å². The van der Waals surface area contributed by atoms with E-state index in [1.165, 1.54) is 38.5 Å². The Labute approximate surface area is 298 Å². The van der Waals surface area contributed by atoms with Gasteiger partial charge < -0.3 is 33.9 Å². The largest absolute Gasteiger partial charge is 0.493 e. The smallest absolute Gasteiger partial charge is 0.331 e. The van der Waals surface area contributed by atoms with Crippen LogP contribution in [0.25, 0.3) is 20.2 Å². The predicted molar refractivity (Wildman–Crippen MR) is 184 cm³/mol. The van der Waals surface area contributed by atoms with Gasteiger partial charge in [-0.3, -0.25) is 19.2 Å². The van der Waals surface area contributed by atoms with Gasteiger partial charge in [-0.25, -0.2) is 13.6 Å². The van der Waals surface area contributed by atoms with Crippen molar-refractivity contribution in [3.05, 3.63) is 57.3 Å². The molecule has 4 rings (SSSR count). The second-order valence-corrected chi connectivity index (χ2v) is 14.2. The lowest BCUT2D eigenvalue weighted by molar-refractivity contribution is -0.148. The van der Waals surface area contributed by atoms with Crippen LogP contribution >= 0.6 is 22.7 Å². The van der Waals surface area contributed by atoms with Crippen molar-refractivity contribution in [1.82, 2.24) is 0 Å². The molecule has 2 N–H and O–H groups in total. The zero-order chi connectivity index (χ0) is 37.6. The first-order valence-electron chi connectivity index (χ1n) is 15.3. The number of carboxylic acids is 2. The third-order valence-corrected chi connectivity index (χ3v) is 9.27. The highest BCUT2D eigenvalue weighted by Gasteiger charge is 2.24. The molecule has 4 aromatic rings. The summed E-state index contributed by atoms with van der Waals surface area (Å²) in [6, 6.07) is 5.51. The summed E-state index contributed by atoms with van der Waals surface area (Å²) in [6.07, 6.45) is -0.229. The van der Waals surface area contributed by atoms with Crippen molar-refractivity contribution in [3.63, 3.8) is 0 Å². The first kappa shape index (κ1) is 38.7. The summed E-state index contributed by atoms with van der Waals surface area (Å²) in [5.41, 5.74) is -0.796. The number of hydrogen-bond acceptors (Lipinski definition) is 12. The minimum atomic E-state index is -1.14. The standard InChI is InChI=1S/C35H34F2O12S2/c1-35(2,3)49-30(44)10-17(15-47-33-22(45-4)13-24-18(31(33)36)11-26(50-24)20(38)6-8-28(40)41)16-48-34-23(46-5)14-25-19(32(34)37)12-27(51-25)21(39)7-9-29(42)43/h10-14H,6-9,15-16H2,1-5H3,(H,40,41)(H,42,43). The number of fused-ring (bicyclic) bond motifs is 2. The molecule has 2 heterocycles. The molecule has 0 aliphatic carbocycles. The lowest BCUT2D eigenvalue weighted by Gasteiger charge is -2.19. The van der Waals surface area contributed by atoms with Gasteiger partial charge in [0.05, 0.1) is 36.8 Å². The third kappa shape index (κ3) is 9.79. The number of esters is 1. The fourth-order valence-electron chi connectivity index (χ4n) is 4.68. The zero-order valence-electron chi connectivity index (χ0n) is 28.2. The number of hydrogen-bond donors (Lipinski definition) is 2. The van der Waals surface area contributed by atoms with E-state index in [1.807, 2.05) is 0 Å². The van der Waals surface area contributed by atoms with E-state index < -0.39 is 59.9 Å². The Morgan fingerprint density at radius 3 is 1.47 bits per heavy atom. The van der Waals surface area contributed by atoms with Crippen molar-refractivity contribution in [2.45, 2.75) is 52.1 Å². The molecule has 0 spiro atoms. The second-order valence-electron chi connectivity index (χ2n) is 12.0.